The number of fused-ring (bicyclic) bond motifs is 2. The molecule has 6 heteroatoms. The molecule has 0 unspecified atom stereocenters. The molecule has 0 aliphatic carbocycles. The quantitative estimate of drug-likeness (QED) is 0.588. The van der Waals surface area contributed by atoms with Crippen LogP contribution < -0.4 is 5.32 Å². The van der Waals surface area contributed by atoms with Gasteiger partial charge in [0.1, 0.15) is 5.65 Å². The molecular weight excluding hydrogens is 264 g/mol. The van der Waals surface area contributed by atoms with Crippen LogP contribution in [0.3, 0.4) is 0 Å². The van der Waals surface area contributed by atoms with Crippen molar-refractivity contribution >= 4 is 28.0 Å². The minimum Gasteiger partial charge on any atom is -0.357 e. The molecule has 0 spiro atoms. The van der Waals surface area contributed by atoms with Gasteiger partial charge in [0.2, 0.25) is 5.95 Å². The Bertz CT molecular complexity index is 943. The summed E-state index contributed by atoms with van der Waals surface area (Å²) in [7, 11) is 1.80. The third-order valence-electron chi connectivity index (χ3n) is 3.44. The second kappa shape index (κ2) is 4.52. The fraction of sp³-hybridized carbons (Fsp3) is 0.0667. The number of benzene rings is 1. The Balaban J connectivity index is 1.91. The number of anilines is 1. The summed E-state index contributed by atoms with van der Waals surface area (Å²) in [5.41, 5.74) is 4.69. The normalized spacial score (nSPS) is 11.1. The van der Waals surface area contributed by atoms with Gasteiger partial charge in [-0.05, 0) is 17.7 Å². The summed E-state index contributed by atoms with van der Waals surface area (Å²) in [5, 5.41) is 3.92. The molecule has 0 saturated carbocycles. The molecule has 102 valence electrons. The van der Waals surface area contributed by atoms with Gasteiger partial charge in [-0.25, -0.2) is 4.98 Å². The highest BCUT2D eigenvalue weighted by Crippen LogP contribution is 2.29. The van der Waals surface area contributed by atoms with Gasteiger partial charge in [0.15, 0.2) is 0 Å². The smallest absolute Gasteiger partial charge is 0.224 e. The number of aromatic amines is 1. The van der Waals surface area contributed by atoms with E-state index < -0.39 is 0 Å². The molecule has 0 bridgehead atoms. The van der Waals surface area contributed by atoms with Gasteiger partial charge in [0, 0.05) is 42.8 Å². The average Bonchev–Trinajstić information content (AvgIpc) is 2.97. The zero-order valence-electron chi connectivity index (χ0n) is 11.3. The van der Waals surface area contributed by atoms with E-state index in [0.29, 0.717) is 5.95 Å². The average molecular weight is 276 g/mol. The van der Waals surface area contributed by atoms with Crippen LogP contribution in [0.15, 0.2) is 43.0 Å². The molecule has 3 heterocycles. The fourth-order valence-electron chi connectivity index (χ4n) is 2.40. The van der Waals surface area contributed by atoms with Crippen LogP contribution in [-0.2, 0) is 0 Å². The van der Waals surface area contributed by atoms with E-state index in [0.717, 1.165) is 33.2 Å². The summed E-state index contributed by atoms with van der Waals surface area (Å²) < 4.78 is 0. The first kappa shape index (κ1) is 11.8. The lowest BCUT2D eigenvalue weighted by molar-refractivity contribution is 1.18. The van der Waals surface area contributed by atoms with Gasteiger partial charge in [-0.2, -0.15) is 4.98 Å². The summed E-state index contributed by atoms with van der Waals surface area (Å²) in [4.78, 5) is 20.5. The topological polar surface area (TPSA) is 79.4 Å². The molecule has 2 N–H and O–H groups in total. The third-order valence-corrected chi connectivity index (χ3v) is 3.44. The Morgan fingerprint density at radius 1 is 1.05 bits per heavy atom. The highest BCUT2D eigenvalue weighted by molar-refractivity contribution is 5.95. The van der Waals surface area contributed by atoms with E-state index in [9.17, 15) is 0 Å². The first-order valence-corrected chi connectivity index (χ1v) is 6.58. The van der Waals surface area contributed by atoms with Gasteiger partial charge in [-0.1, -0.05) is 6.07 Å². The highest BCUT2D eigenvalue weighted by Gasteiger charge is 2.09. The standard InChI is InChI=1S/C15H12N6/c1-16-15-20-8-11-10(7-19-14(11)21-15)9-2-3-12-13(6-9)18-5-4-17-12/h2-8H,1H3,(H2,16,19,20,21). The van der Waals surface area contributed by atoms with Crippen molar-refractivity contribution < 1.29 is 0 Å². The zero-order valence-corrected chi connectivity index (χ0v) is 11.3. The Kier molecular flexibility index (Phi) is 2.53. The van der Waals surface area contributed by atoms with E-state index in [1.165, 1.54) is 0 Å². The van der Waals surface area contributed by atoms with Crippen molar-refractivity contribution in [3.8, 4) is 11.1 Å². The number of nitrogens with one attached hydrogen (secondary N) is 2. The molecule has 6 nitrogen and oxygen atoms in total. The molecule has 3 aromatic heterocycles. The summed E-state index contributed by atoms with van der Waals surface area (Å²) in [5.74, 6) is 0.597. The van der Waals surface area contributed by atoms with E-state index in [4.69, 9.17) is 0 Å². The maximum absolute atomic E-state index is 4.40. The first-order valence-electron chi connectivity index (χ1n) is 6.58. The van der Waals surface area contributed by atoms with Gasteiger partial charge in [0.05, 0.1) is 11.0 Å². The molecule has 0 radical (unpaired) electrons. The number of hydrogen-bond acceptors (Lipinski definition) is 5. The van der Waals surface area contributed by atoms with Gasteiger partial charge < -0.3 is 10.3 Å². The predicted molar refractivity (Wildman–Crippen MR) is 82.0 cm³/mol. The van der Waals surface area contributed by atoms with Gasteiger partial charge in [-0.15, -0.1) is 0 Å². The van der Waals surface area contributed by atoms with Crippen molar-refractivity contribution in [3.63, 3.8) is 0 Å². The zero-order chi connectivity index (χ0) is 14.2. The highest BCUT2D eigenvalue weighted by atomic mass is 15.1. The Hall–Kier alpha value is -3.02. The minimum atomic E-state index is 0.597. The second-order valence-electron chi connectivity index (χ2n) is 4.67. The maximum Gasteiger partial charge on any atom is 0.224 e. The van der Waals surface area contributed by atoms with Crippen LogP contribution in [0, 0.1) is 0 Å². The first-order chi connectivity index (χ1) is 10.3. The van der Waals surface area contributed by atoms with Gasteiger partial charge in [0.25, 0.3) is 0 Å². The van der Waals surface area contributed by atoms with Gasteiger partial charge in [-0.3, -0.25) is 9.97 Å². The largest absolute Gasteiger partial charge is 0.357 e. The lowest BCUT2D eigenvalue weighted by Crippen LogP contribution is -1.95. The van der Waals surface area contributed by atoms with Crippen LogP contribution in [0.25, 0.3) is 33.2 Å². The minimum absolute atomic E-state index is 0.597. The summed E-state index contributed by atoms with van der Waals surface area (Å²) >= 11 is 0. The summed E-state index contributed by atoms with van der Waals surface area (Å²) in [6.07, 6.45) is 7.15. The predicted octanol–water partition coefficient (Wildman–Crippen LogP) is 2.61. The Morgan fingerprint density at radius 3 is 2.76 bits per heavy atom. The van der Waals surface area contributed by atoms with Crippen LogP contribution in [0.1, 0.15) is 0 Å². The van der Waals surface area contributed by atoms with Crippen molar-refractivity contribution in [2.45, 2.75) is 0 Å². The van der Waals surface area contributed by atoms with E-state index in [2.05, 4.69) is 30.2 Å². The van der Waals surface area contributed by atoms with E-state index >= 15 is 0 Å². The van der Waals surface area contributed by atoms with E-state index in [-0.39, 0.29) is 0 Å². The number of nitrogens with zero attached hydrogens (tertiary/aromatic N) is 4. The molecule has 1 aromatic carbocycles. The monoisotopic (exact) mass is 276 g/mol. The molecule has 0 fully saturated rings. The number of hydrogen-bond donors (Lipinski definition) is 2. The van der Waals surface area contributed by atoms with E-state index in [1.807, 2.05) is 30.6 Å². The molecule has 0 amide bonds. The number of H-pyrrole nitrogens is 1. The lowest BCUT2D eigenvalue weighted by atomic mass is 10.1. The third kappa shape index (κ3) is 1.88. The molecule has 0 aliphatic rings. The number of rotatable bonds is 2. The summed E-state index contributed by atoms with van der Waals surface area (Å²) in [6.45, 7) is 0. The second-order valence-corrected chi connectivity index (χ2v) is 4.67. The van der Waals surface area contributed by atoms with Crippen molar-refractivity contribution in [1.82, 2.24) is 24.9 Å². The molecule has 21 heavy (non-hydrogen) atoms. The fourth-order valence-corrected chi connectivity index (χ4v) is 2.40. The van der Waals surface area contributed by atoms with Crippen LogP contribution in [0.5, 0.6) is 0 Å². The van der Waals surface area contributed by atoms with Crippen molar-refractivity contribution in [3.05, 3.63) is 43.0 Å². The van der Waals surface area contributed by atoms with E-state index in [1.54, 1.807) is 19.4 Å². The van der Waals surface area contributed by atoms with Crippen molar-refractivity contribution in [2.75, 3.05) is 12.4 Å². The molecule has 0 aliphatic heterocycles. The van der Waals surface area contributed by atoms with Gasteiger partial charge >= 0.3 is 0 Å². The van der Waals surface area contributed by atoms with Crippen LogP contribution in [0.4, 0.5) is 5.95 Å². The molecule has 0 atom stereocenters. The lowest BCUT2D eigenvalue weighted by Gasteiger charge is -2.02. The number of aromatic nitrogens is 5. The maximum atomic E-state index is 4.40. The Labute approximate surface area is 120 Å². The molecule has 4 aromatic rings. The van der Waals surface area contributed by atoms with Crippen LogP contribution in [-0.4, -0.2) is 32.0 Å². The molecule has 4 rings (SSSR count). The van der Waals surface area contributed by atoms with Crippen LogP contribution >= 0.6 is 0 Å². The van der Waals surface area contributed by atoms with Crippen molar-refractivity contribution in [1.29, 1.82) is 0 Å². The SMILES string of the molecule is CNc1ncc2c(-c3ccc4nccnc4c3)c[nH]c2n1. The van der Waals surface area contributed by atoms with Crippen LogP contribution in [0.2, 0.25) is 0 Å². The summed E-state index contributed by atoms with van der Waals surface area (Å²) in [6, 6.07) is 6.03. The van der Waals surface area contributed by atoms with Crippen molar-refractivity contribution in [2.24, 2.45) is 0 Å². The molecule has 0 saturated heterocycles. The Morgan fingerprint density at radius 2 is 1.90 bits per heavy atom. The molecular formula is C15H12N6.